The van der Waals surface area contributed by atoms with E-state index in [2.05, 4.69) is 11.9 Å². The Balaban J connectivity index is 1.51. The Labute approximate surface area is 251 Å². The molecule has 0 saturated carbocycles. The highest BCUT2D eigenvalue weighted by Gasteiger charge is 2.48. The van der Waals surface area contributed by atoms with Crippen LogP contribution in [0.5, 0.6) is 23.0 Å². The number of ketones is 1. The summed E-state index contributed by atoms with van der Waals surface area (Å²) >= 11 is 1.08. The third kappa shape index (κ3) is 5.36. The van der Waals surface area contributed by atoms with Crippen molar-refractivity contribution in [3.63, 3.8) is 0 Å². The third-order valence-corrected chi connectivity index (χ3v) is 8.16. The van der Waals surface area contributed by atoms with Crippen LogP contribution >= 0.6 is 11.3 Å². The van der Waals surface area contributed by atoms with E-state index in [4.69, 9.17) is 18.9 Å². The van der Waals surface area contributed by atoms with Gasteiger partial charge in [0, 0.05) is 5.56 Å². The molecule has 2 aliphatic heterocycles. The number of rotatable bonds is 9. The number of aliphatic hydroxyl groups excluding tert-OH is 1. The van der Waals surface area contributed by atoms with Crippen LogP contribution in [0.15, 0.2) is 60.2 Å². The highest BCUT2D eigenvalue weighted by Crippen LogP contribution is 2.46. The van der Waals surface area contributed by atoms with Gasteiger partial charge in [0.2, 0.25) is 0 Å². The van der Waals surface area contributed by atoms with Gasteiger partial charge < -0.3 is 24.1 Å². The zero-order chi connectivity index (χ0) is 30.1. The second-order valence-corrected chi connectivity index (χ2v) is 11.0. The first-order chi connectivity index (χ1) is 20.9. The van der Waals surface area contributed by atoms with Crippen molar-refractivity contribution >= 4 is 44.1 Å². The van der Waals surface area contributed by atoms with Gasteiger partial charge in [-0.2, -0.15) is 0 Å². The Morgan fingerprint density at radius 2 is 1.84 bits per heavy atom. The maximum atomic E-state index is 14.0. The number of nitrogens with zero attached hydrogens (tertiary/aromatic N) is 2. The second kappa shape index (κ2) is 11.9. The maximum Gasteiger partial charge on any atom is 0.301 e. The minimum absolute atomic E-state index is 0.130. The number of thiazole rings is 1. The number of anilines is 1. The van der Waals surface area contributed by atoms with Gasteiger partial charge in [-0.05, 0) is 67.4 Å². The fraction of sp³-hybridized carbons (Fsp3) is 0.281. The summed E-state index contributed by atoms with van der Waals surface area (Å²) in [4.78, 5) is 33.2. The Bertz CT molecular complexity index is 1750. The summed E-state index contributed by atoms with van der Waals surface area (Å²) < 4.78 is 37.6. The molecular weight excluding hydrogens is 575 g/mol. The van der Waals surface area contributed by atoms with Crippen LogP contribution in [-0.4, -0.2) is 48.2 Å². The van der Waals surface area contributed by atoms with Gasteiger partial charge in [0.1, 0.15) is 24.8 Å². The van der Waals surface area contributed by atoms with Crippen LogP contribution < -0.4 is 23.8 Å². The van der Waals surface area contributed by atoms with Crippen LogP contribution in [0.4, 0.5) is 9.52 Å². The highest BCUT2D eigenvalue weighted by molar-refractivity contribution is 7.22. The Morgan fingerprint density at radius 3 is 2.63 bits per heavy atom. The molecule has 1 saturated heterocycles. The normalized spacial score (nSPS) is 17.5. The van der Waals surface area contributed by atoms with Gasteiger partial charge in [0.05, 0.1) is 35.0 Å². The van der Waals surface area contributed by atoms with Crippen LogP contribution in [0.2, 0.25) is 0 Å². The molecule has 3 heterocycles. The van der Waals surface area contributed by atoms with E-state index in [9.17, 15) is 19.1 Å². The molecular formula is C32H29FN2O7S. The predicted molar refractivity (Wildman–Crippen MR) is 160 cm³/mol. The van der Waals surface area contributed by atoms with Crippen LogP contribution in [0.3, 0.4) is 0 Å². The molecule has 11 heteroatoms. The summed E-state index contributed by atoms with van der Waals surface area (Å²) in [6, 6.07) is 13.0. The zero-order valence-corrected chi connectivity index (χ0v) is 24.4. The quantitative estimate of drug-likeness (QED) is 0.101. The Kier molecular flexibility index (Phi) is 7.90. The minimum atomic E-state index is -1.07. The lowest BCUT2D eigenvalue weighted by Crippen LogP contribution is -2.29. The molecule has 4 aromatic rings. The van der Waals surface area contributed by atoms with Gasteiger partial charge in [-0.15, -0.1) is 0 Å². The fourth-order valence-electron chi connectivity index (χ4n) is 5.09. The average molecular weight is 605 g/mol. The minimum Gasteiger partial charge on any atom is -0.507 e. The van der Waals surface area contributed by atoms with Gasteiger partial charge >= 0.3 is 5.91 Å². The van der Waals surface area contributed by atoms with Gasteiger partial charge in [-0.1, -0.05) is 30.7 Å². The number of ether oxygens (including phenoxy) is 4. The van der Waals surface area contributed by atoms with E-state index >= 15 is 0 Å². The first kappa shape index (κ1) is 28.5. The van der Waals surface area contributed by atoms with E-state index in [1.54, 1.807) is 36.4 Å². The number of aromatic nitrogens is 1. The molecule has 0 spiro atoms. The first-order valence-electron chi connectivity index (χ1n) is 14.1. The average Bonchev–Trinajstić information content (AvgIpc) is 3.54. The van der Waals surface area contributed by atoms with Crippen molar-refractivity contribution in [2.24, 2.45) is 0 Å². The van der Waals surface area contributed by atoms with Crippen molar-refractivity contribution in [1.29, 1.82) is 0 Å². The van der Waals surface area contributed by atoms with Gasteiger partial charge in [0.15, 0.2) is 28.1 Å². The highest BCUT2D eigenvalue weighted by atomic mass is 32.1. The summed E-state index contributed by atoms with van der Waals surface area (Å²) in [6.45, 7) is 5.51. The lowest BCUT2D eigenvalue weighted by Gasteiger charge is -2.24. The van der Waals surface area contributed by atoms with Crippen LogP contribution in [0.25, 0.3) is 16.0 Å². The molecule has 0 radical (unpaired) electrons. The van der Waals surface area contributed by atoms with Crippen LogP contribution in [-0.2, 0) is 9.59 Å². The SMILES string of the molecule is CCCCOc1ccc(C2C(=C(O)c3ccc4c(c3)OCCO4)C(=O)C(=O)N2c2nc3ccc(F)cc3s2)cc1OCC. The lowest BCUT2D eigenvalue weighted by atomic mass is 9.95. The maximum absolute atomic E-state index is 14.0. The van der Waals surface area contributed by atoms with Crippen molar-refractivity contribution in [2.45, 2.75) is 32.7 Å². The molecule has 9 nitrogen and oxygen atoms in total. The number of fused-ring (bicyclic) bond motifs is 2. The molecule has 1 aromatic heterocycles. The van der Waals surface area contributed by atoms with Gasteiger partial charge in [0.25, 0.3) is 5.78 Å². The van der Waals surface area contributed by atoms with E-state index in [-0.39, 0.29) is 22.0 Å². The van der Waals surface area contributed by atoms with Crippen LogP contribution in [0.1, 0.15) is 43.9 Å². The number of aliphatic hydroxyl groups is 1. The number of hydrogen-bond donors (Lipinski definition) is 1. The van der Waals surface area contributed by atoms with Crippen molar-refractivity contribution in [3.05, 3.63) is 77.1 Å². The topological polar surface area (TPSA) is 107 Å². The van der Waals surface area contributed by atoms with Crippen molar-refractivity contribution in [1.82, 2.24) is 4.98 Å². The molecule has 0 aliphatic carbocycles. The monoisotopic (exact) mass is 604 g/mol. The predicted octanol–water partition coefficient (Wildman–Crippen LogP) is 6.41. The molecule has 43 heavy (non-hydrogen) atoms. The molecule has 1 fully saturated rings. The van der Waals surface area contributed by atoms with Crippen LogP contribution in [0, 0.1) is 5.82 Å². The smallest absolute Gasteiger partial charge is 0.301 e. The van der Waals surface area contributed by atoms with E-state index in [1.807, 2.05) is 6.92 Å². The molecule has 6 rings (SSSR count). The van der Waals surface area contributed by atoms with Crippen molar-refractivity contribution < 1.29 is 38.0 Å². The summed E-state index contributed by atoms with van der Waals surface area (Å²) in [7, 11) is 0. The fourth-order valence-corrected chi connectivity index (χ4v) is 6.11. The molecule has 0 bridgehead atoms. The van der Waals surface area contributed by atoms with E-state index in [0.717, 1.165) is 24.2 Å². The zero-order valence-electron chi connectivity index (χ0n) is 23.6. The number of unbranched alkanes of at least 4 members (excludes halogenated alkanes) is 1. The molecule has 222 valence electrons. The second-order valence-electron chi connectivity index (χ2n) is 9.98. The summed E-state index contributed by atoms with van der Waals surface area (Å²) in [5.74, 6) is -0.682. The number of carbonyl (C=O) groups is 2. The summed E-state index contributed by atoms with van der Waals surface area (Å²) in [5, 5.41) is 11.8. The Morgan fingerprint density at radius 1 is 1.02 bits per heavy atom. The van der Waals surface area contributed by atoms with Crippen molar-refractivity contribution in [3.8, 4) is 23.0 Å². The number of hydrogen-bond acceptors (Lipinski definition) is 9. The number of benzene rings is 3. The number of amides is 1. The van der Waals surface area contributed by atoms with E-state index in [0.29, 0.717) is 65.2 Å². The number of Topliss-reactive ketones (excluding diaryl/α,β-unsaturated/α-hetero) is 1. The summed E-state index contributed by atoms with van der Waals surface area (Å²) in [5.41, 5.74) is 1.12. The number of halogens is 1. The standard InChI is InChI=1S/C32H29FN2O7S/c1-3-5-12-40-22-10-6-18(15-24(22)39-4-2)28-27(29(36)19-7-11-23-25(16-19)42-14-13-41-23)30(37)31(38)35(28)32-34-21-9-8-20(33)17-26(21)43-32/h6-11,15-17,28,36H,3-5,12-14H2,1-2H3. The van der Waals surface area contributed by atoms with E-state index in [1.165, 1.54) is 23.1 Å². The lowest BCUT2D eigenvalue weighted by molar-refractivity contribution is -0.132. The van der Waals surface area contributed by atoms with Crippen molar-refractivity contribution in [2.75, 3.05) is 31.3 Å². The first-order valence-corrected chi connectivity index (χ1v) is 14.9. The molecule has 1 N–H and O–H groups in total. The largest absolute Gasteiger partial charge is 0.507 e. The molecule has 2 aliphatic rings. The molecule has 1 unspecified atom stereocenters. The van der Waals surface area contributed by atoms with E-state index < -0.39 is 23.5 Å². The third-order valence-electron chi connectivity index (χ3n) is 7.14. The van der Waals surface area contributed by atoms with Gasteiger partial charge in [-0.25, -0.2) is 9.37 Å². The van der Waals surface area contributed by atoms with Gasteiger partial charge in [-0.3, -0.25) is 14.5 Å². The molecule has 1 atom stereocenters. The Hall–Kier alpha value is -4.64. The molecule has 3 aromatic carbocycles. The number of carbonyl (C=O) groups excluding carboxylic acids is 2. The molecule has 1 amide bonds. The summed E-state index contributed by atoms with van der Waals surface area (Å²) in [6.07, 6.45) is 1.82.